The Labute approximate surface area is 157 Å². The number of nitrogens with zero attached hydrogens (tertiary/aromatic N) is 1. The van der Waals surface area contributed by atoms with E-state index in [-0.39, 0.29) is 31.3 Å². The molecule has 2 amide bonds. The highest BCUT2D eigenvalue weighted by molar-refractivity contribution is 5.97. The number of anilines is 2. The SMILES string of the molecule is O=C(O)CCNC(=O)c1ccc(NC(=O)CN2CCc3ccccc32)cc1. The minimum Gasteiger partial charge on any atom is -0.481 e. The lowest BCUT2D eigenvalue weighted by Gasteiger charge is -2.18. The molecule has 1 aliphatic heterocycles. The number of nitrogens with one attached hydrogen (secondary N) is 2. The quantitative estimate of drug-likeness (QED) is 0.694. The number of hydrogen-bond acceptors (Lipinski definition) is 4. The number of para-hydroxylation sites is 1. The van der Waals surface area contributed by atoms with Crippen LogP contribution >= 0.6 is 0 Å². The molecule has 1 heterocycles. The third-order valence-corrected chi connectivity index (χ3v) is 4.37. The number of fused-ring (bicyclic) bond motifs is 1. The van der Waals surface area contributed by atoms with Crippen molar-refractivity contribution in [3.63, 3.8) is 0 Å². The van der Waals surface area contributed by atoms with E-state index in [1.54, 1.807) is 24.3 Å². The number of aliphatic carboxylic acids is 1. The second-order valence-corrected chi connectivity index (χ2v) is 6.33. The average molecular weight is 367 g/mol. The second kappa shape index (κ2) is 8.35. The summed E-state index contributed by atoms with van der Waals surface area (Å²) in [6.07, 6.45) is 0.814. The molecule has 0 bridgehead atoms. The van der Waals surface area contributed by atoms with Gasteiger partial charge in [0, 0.05) is 30.0 Å². The number of amides is 2. The Hall–Kier alpha value is -3.35. The third kappa shape index (κ3) is 4.84. The van der Waals surface area contributed by atoms with E-state index in [0.29, 0.717) is 11.3 Å². The van der Waals surface area contributed by atoms with E-state index < -0.39 is 5.97 Å². The van der Waals surface area contributed by atoms with Gasteiger partial charge >= 0.3 is 5.97 Å². The normalized spacial score (nSPS) is 12.4. The molecular weight excluding hydrogens is 346 g/mol. The first kappa shape index (κ1) is 18.4. The summed E-state index contributed by atoms with van der Waals surface area (Å²) < 4.78 is 0. The maximum absolute atomic E-state index is 12.3. The molecule has 0 saturated carbocycles. The zero-order valence-electron chi connectivity index (χ0n) is 14.8. The lowest BCUT2D eigenvalue weighted by atomic mass is 10.2. The summed E-state index contributed by atoms with van der Waals surface area (Å²) in [7, 11) is 0. The lowest BCUT2D eigenvalue weighted by Crippen LogP contribution is -2.31. The highest BCUT2D eigenvalue weighted by Gasteiger charge is 2.20. The zero-order valence-corrected chi connectivity index (χ0v) is 14.8. The summed E-state index contributed by atoms with van der Waals surface area (Å²) in [5.41, 5.74) is 3.37. The highest BCUT2D eigenvalue weighted by atomic mass is 16.4. The molecule has 7 nitrogen and oxygen atoms in total. The van der Waals surface area contributed by atoms with Crippen LogP contribution in [-0.4, -0.2) is 42.5 Å². The molecule has 27 heavy (non-hydrogen) atoms. The van der Waals surface area contributed by atoms with E-state index >= 15 is 0 Å². The molecule has 3 rings (SSSR count). The van der Waals surface area contributed by atoms with Crippen molar-refractivity contribution in [2.45, 2.75) is 12.8 Å². The molecule has 140 valence electrons. The van der Waals surface area contributed by atoms with Crippen LogP contribution in [0.1, 0.15) is 22.3 Å². The summed E-state index contributed by atoms with van der Waals surface area (Å²) in [5, 5.41) is 13.9. The monoisotopic (exact) mass is 367 g/mol. The van der Waals surface area contributed by atoms with Crippen molar-refractivity contribution in [1.82, 2.24) is 5.32 Å². The van der Waals surface area contributed by atoms with Gasteiger partial charge in [-0.05, 0) is 42.3 Å². The number of carbonyl (C=O) groups is 3. The lowest BCUT2D eigenvalue weighted by molar-refractivity contribution is -0.136. The van der Waals surface area contributed by atoms with E-state index in [1.807, 2.05) is 18.2 Å². The molecule has 7 heteroatoms. The molecule has 0 unspecified atom stereocenters. The van der Waals surface area contributed by atoms with Gasteiger partial charge in [0.15, 0.2) is 0 Å². The van der Waals surface area contributed by atoms with Crippen molar-refractivity contribution in [3.8, 4) is 0 Å². The highest BCUT2D eigenvalue weighted by Crippen LogP contribution is 2.27. The van der Waals surface area contributed by atoms with E-state index in [9.17, 15) is 14.4 Å². The van der Waals surface area contributed by atoms with Crippen LogP contribution in [0.3, 0.4) is 0 Å². The van der Waals surface area contributed by atoms with Gasteiger partial charge in [-0.15, -0.1) is 0 Å². The van der Waals surface area contributed by atoms with Crippen molar-refractivity contribution in [1.29, 1.82) is 0 Å². The zero-order chi connectivity index (χ0) is 19.2. The van der Waals surface area contributed by atoms with Crippen molar-refractivity contribution >= 4 is 29.2 Å². The van der Waals surface area contributed by atoms with Crippen LogP contribution in [0.5, 0.6) is 0 Å². The Morgan fingerprint density at radius 2 is 1.78 bits per heavy atom. The van der Waals surface area contributed by atoms with Crippen LogP contribution in [0.4, 0.5) is 11.4 Å². The van der Waals surface area contributed by atoms with Gasteiger partial charge in [-0.25, -0.2) is 0 Å². The fourth-order valence-corrected chi connectivity index (χ4v) is 3.03. The van der Waals surface area contributed by atoms with Gasteiger partial charge in [-0.1, -0.05) is 18.2 Å². The first-order valence-electron chi connectivity index (χ1n) is 8.75. The van der Waals surface area contributed by atoms with Crippen LogP contribution < -0.4 is 15.5 Å². The minimum atomic E-state index is -0.964. The number of hydrogen-bond donors (Lipinski definition) is 3. The Balaban J connectivity index is 1.52. The fourth-order valence-electron chi connectivity index (χ4n) is 3.03. The second-order valence-electron chi connectivity index (χ2n) is 6.33. The van der Waals surface area contributed by atoms with Crippen molar-refractivity contribution in [2.75, 3.05) is 29.9 Å². The predicted molar refractivity (Wildman–Crippen MR) is 102 cm³/mol. The molecule has 0 atom stereocenters. The molecule has 0 fully saturated rings. The Kier molecular flexibility index (Phi) is 5.71. The molecule has 3 N–H and O–H groups in total. The summed E-state index contributed by atoms with van der Waals surface area (Å²) in [6, 6.07) is 14.6. The van der Waals surface area contributed by atoms with Gasteiger partial charge in [0.05, 0.1) is 13.0 Å². The number of carboxylic acids is 1. The minimum absolute atomic E-state index is 0.0734. The number of benzene rings is 2. The van der Waals surface area contributed by atoms with Crippen LogP contribution in [0.25, 0.3) is 0 Å². The Bertz CT molecular complexity index is 849. The number of carboxylic acid groups (broad SMARTS) is 1. The van der Waals surface area contributed by atoms with Gasteiger partial charge in [0.2, 0.25) is 5.91 Å². The van der Waals surface area contributed by atoms with E-state index in [2.05, 4.69) is 21.6 Å². The largest absolute Gasteiger partial charge is 0.481 e. The molecule has 0 aliphatic carbocycles. The first-order chi connectivity index (χ1) is 13.0. The number of carbonyl (C=O) groups excluding carboxylic acids is 2. The third-order valence-electron chi connectivity index (χ3n) is 4.37. The molecular formula is C20H21N3O4. The molecule has 0 radical (unpaired) electrons. The van der Waals surface area contributed by atoms with Crippen molar-refractivity contribution in [2.24, 2.45) is 0 Å². The van der Waals surface area contributed by atoms with Gasteiger partial charge in [0.25, 0.3) is 5.91 Å². The maximum Gasteiger partial charge on any atom is 0.305 e. The standard InChI is InChI=1S/C20H21N3O4/c24-18(13-23-12-10-14-3-1-2-4-17(14)23)22-16-7-5-15(6-8-16)20(27)21-11-9-19(25)26/h1-8H,9-13H2,(H,21,27)(H,22,24)(H,25,26). The van der Waals surface area contributed by atoms with Crippen molar-refractivity contribution in [3.05, 3.63) is 59.7 Å². The maximum atomic E-state index is 12.3. The topological polar surface area (TPSA) is 98.7 Å². The molecule has 1 aliphatic rings. The van der Waals surface area contributed by atoms with E-state index in [4.69, 9.17) is 5.11 Å². The smallest absolute Gasteiger partial charge is 0.305 e. The molecule has 2 aromatic carbocycles. The van der Waals surface area contributed by atoms with Crippen LogP contribution in [0, 0.1) is 0 Å². The summed E-state index contributed by atoms with van der Waals surface area (Å²) in [4.78, 5) is 36.7. The van der Waals surface area contributed by atoms with Gasteiger partial charge < -0.3 is 20.6 Å². The van der Waals surface area contributed by atoms with Crippen molar-refractivity contribution < 1.29 is 19.5 Å². The van der Waals surface area contributed by atoms with Crippen LogP contribution in [-0.2, 0) is 16.0 Å². The Morgan fingerprint density at radius 1 is 1.04 bits per heavy atom. The fraction of sp³-hybridized carbons (Fsp3) is 0.250. The van der Waals surface area contributed by atoms with Crippen LogP contribution in [0.2, 0.25) is 0 Å². The summed E-state index contributed by atoms with van der Waals surface area (Å²) in [6.45, 7) is 1.17. The Morgan fingerprint density at radius 3 is 2.52 bits per heavy atom. The number of rotatable bonds is 7. The van der Waals surface area contributed by atoms with Gasteiger partial charge in [-0.3, -0.25) is 14.4 Å². The summed E-state index contributed by atoms with van der Waals surface area (Å²) >= 11 is 0. The molecule has 2 aromatic rings. The first-order valence-corrected chi connectivity index (χ1v) is 8.75. The van der Waals surface area contributed by atoms with Crippen LogP contribution in [0.15, 0.2) is 48.5 Å². The predicted octanol–water partition coefficient (Wildman–Crippen LogP) is 1.89. The molecule has 0 saturated heterocycles. The van der Waals surface area contributed by atoms with E-state index in [0.717, 1.165) is 18.7 Å². The summed E-state index contributed by atoms with van der Waals surface area (Å²) in [5.74, 6) is -1.43. The molecule has 0 spiro atoms. The van der Waals surface area contributed by atoms with Gasteiger partial charge in [-0.2, -0.15) is 0 Å². The van der Waals surface area contributed by atoms with Gasteiger partial charge in [0.1, 0.15) is 0 Å². The average Bonchev–Trinajstić information content (AvgIpc) is 3.05. The van der Waals surface area contributed by atoms with E-state index in [1.165, 1.54) is 5.56 Å². The molecule has 0 aromatic heterocycles.